The third kappa shape index (κ3) is 3.66. The fraction of sp³-hybridized carbons (Fsp3) is 0.296. The summed E-state index contributed by atoms with van der Waals surface area (Å²) in [6.45, 7) is 13.2. The Morgan fingerprint density at radius 1 is 0.806 bits per heavy atom. The maximum atomic E-state index is 14.6. The molecule has 0 saturated heterocycles. The Morgan fingerprint density at radius 3 is 1.71 bits per heavy atom. The van der Waals surface area contributed by atoms with Gasteiger partial charge in [-0.3, -0.25) is 0 Å². The standard InChI is InChI=1S/C27H26BrFN2/c1-26(2,3)17-7-9-22-19(13-17)20-14-18(27(4,5)6)8-10-23(20)31(22)24-12-16(15-30)11-21(29)25(24)28/h7-14H,1-6H3. The van der Waals surface area contributed by atoms with Crippen LogP contribution in [0.15, 0.2) is 53.0 Å². The van der Waals surface area contributed by atoms with Crippen LogP contribution in [0.3, 0.4) is 0 Å². The lowest BCUT2D eigenvalue weighted by atomic mass is 9.85. The zero-order valence-corrected chi connectivity index (χ0v) is 20.4. The number of hydrogen-bond donors (Lipinski definition) is 0. The van der Waals surface area contributed by atoms with E-state index in [1.54, 1.807) is 6.07 Å². The van der Waals surface area contributed by atoms with Gasteiger partial charge in [0.25, 0.3) is 0 Å². The molecule has 0 aliphatic carbocycles. The van der Waals surface area contributed by atoms with Crippen LogP contribution in [-0.2, 0) is 10.8 Å². The molecule has 0 aliphatic rings. The van der Waals surface area contributed by atoms with E-state index >= 15 is 0 Å². The third-order valence-corrected chi connectivity index (χ3v) is 6.66. The van der Waals surface area contributed by atoms with Gasteiger partial charge < -0.3 is 4.57 Å². The van der Waals surface area contributed by atoms with Crippen LogP contribution in [0.25, 0.3) is 27.5 Å². The van der Waals surface area contributed by atoms with Crippen molar-refractivity contribution in [3.05, 3.63) is 75.5 Å². The predicted molar refractivity (Wildman–Crippen MR) is 131 cm³/mol. The average molecular weight is 477 g/mol. The lowest BCUT2D eigenvalue weighted by Gasteiger charge is -2.19. The number of fused-ring (bicyclic) bond motifs is 3. The minimum atomic E-state index is -0.443. The van der Waals surface area contributed by atoms with E-state index in [0.29, 0.717) is 15.7 Å². The van der Waals surface area contributed by atoms with E-state index in [0.717, 1.165) is 21.8 Å². The Morgan fingerprint density at radius 2 is 1.29 bits per heavy atom. The summed E-state index contributed by atoms with van der Waals surface area (Å²) >= 11 is 3.42. The molecule has 4 aromatic rings. The minimum Gasteiger partial charge on any atom is -0.308 e. The van der Waals surface area contributed by atoms with E-state index in [9.17, 15) is 9.65 Å². The number of nitriles is 1. The zero-order chi connectivity index (χ0) is 22.7. The Kier molecular flexibility index (Phi) is 5.02. The molecule has 2 nitrogen and oxygen atoms in total. The van der Waals surface area contributed by atoms with Crippen molar-refractivity contribution in [2.75, 3.05) is 0 Å². The van der Waals surface area contributed by atoms with Gasteiger partial charge in [0.2, 0.25) is 0 Å². The van der Waals surface area contributed by atoms with E-state index in [2.05, 4.69) is 105 Å². The van der Waals surface area contributed by atoms with Gasteiger partial charge >= 0.3 is 0 Å². The van der Waals surface area contributed by atoms with E-state index in [1.807, 2.05) is 0 Å². The molecule has 158 valence electrons. The van der Waals surface area contributed by atoms with Crippen molar-refractivity contribution in [3.8, 4) is 11.8 Å². The van der Waals surface area contributed by atoms with E-state index in [-0.39, 0.29) is 10.8 Å². The summed E-state index contributed by atoms with van der Waals surface area (Å²) in [7, 11) is 0. The van der Waals surface area contributed by atoms with Crippen molar-refractivity contribution < 1.29 is 4.39 Å². The van der Waals surface area contributed by atoms with Crippen molar-refractivity contribution in [2.45, 2.75) is 52.4 Å². The van der Waals surface area contributed by atoms with Crippen molar-refractivity contribution in [3.63, 3.8) is 0 Å². The fourth-order valence-corrected chi connectivity index (χ4v) is 4.42. The molecule has 0 aliphatic heterocycles. The second-order valence-electron chi connectivity index (χ2n) is 10.2. The van der Waals surface area contributed by atoms with Gasteiger partial charge in [0.15, 0.2) is 0 Å². The van der Waals surface area contributed by atoms with Gasteiger partial charge in [0, 0.05) is 10.8 Å². The van der Waals surface area contributed by atoms with Crippen molar-refractivity contribution >= 4 is 37.7 Å². The van der Waals surface area contributed by atoms with E-state index in [1.165, 1.54) is 17.2 Å². The Balaban J connectivity index is 2.18. The SMILES string of the molecule is CC(C)(C)c1ccc2c(c1)c1cc(C(C)(C)C)ccc1n2-c1cc(C#N)cc(F)c1Br. The molecule has 0 amide bonds. The monoisotopic (exact) mass is 476 g/mol. The molecule has 0 spiro atoms. The summed E-state index contributed by atoms with van der Waals surface area (Å²) in [5, 5.41) is 11.7. The van der Waals surface area contributed by atoms with Crippen LogP contribution in [-0.4, -0.2) is 4.57 Å². The number of halogens is 2. The fourth-order valence-electron chi connectivity index (χ4n) is 4.02. The van der Waals surface area contributed by atoms with Crippen molar-refractivity contribution in [1.82, 2.24) is 4.57 Å². The number of aromatic nitrogens is 1. The molecule has 1 heterocycles. The molecule has 1 aromatic heterocycles. The van der Waals surface area contributed by atoms with Crippen LogP contribution in [0, 0.1) is 17.1 Å². The van der Waals surface area contributed by atoms with Crippen molar-refractivity contribution in [1.29, 1.82) is 5.26 Å². The molecule has 3 aromatic carbocycles. The summed E-state index contributed by atoms with van der Waals surface area (Å²) in [6.07, 6.45) is 0. The molecular formula is C27H26BrFN2. The lowest BCUT2D eigenvalue weighted by Crippen LogP contribution is -2.10. The first-order chi connectivity index (χ1) is 14.4. The van der Waals surface area contributed by atoms with E-state index < -0.39 is 5.82 Å². The molecule has 0 atom stereocenters. The molecule has 31 heavy (non-hydrogen) atoms. The number of hydrogen-bond acceptors (Lipinski definition) is 1. The van der Waals surface area contributed by atoms with Crippen LogP contribution in [0.5, 0.6) is 0 Å². The molecule has 4 heteroatoms. The second-order valence-corrected chi connectivity index (χ2v) is 11.0. The highest BCUT2D eigenvalue weighted by Crippen LogP contribution is 2.39. The average Bonchev–Trinajstić information content (AvgIpc) is 3.01. The number of nitrogens with zero attached hydrogens (tertiary/aromatic N) is 2. The molecule has 0 saturated carbocycles. The lowest BCUT2D eigenvalue weighted by molar-refractivity contribution is 0.590. The van der Waals surface area contributed by atoms with Crippen molar-refractivity contribution in [2.24, 2.45) is 0 Å². The highest BCUT2D eigenvalue weighted by Gasteiger charge is 2.22. The van der Waals surface area contributed by atoms with Gasteiger partial charge in [-0.1, -0.05) is 53.7 Å². The zero-order valence-electron chi connectivity index (χ0n) is 18.8. The topological polar surface area (TPSA) is 28.7 Å². The van der Waals surface area contributed by atoms with Gasteiger partial charge in [-0.15, -0.1) is 0 Å². The quantitative estimate of drug-likeness (QED) is 0.272. The Labute approximate surface area is 191 Å². The summed E-state index contributed by atoms with van der Waals surface area (Å²) in [5.74, 6) is -0.443. The second kappa shape index (κ2) is 7.21. The molecule has 0 unspecified atom stereocenters. The van der Waals surface area contributed by atoms with Crippen LogP contribution >= 0.6 is 15.9 Å². The molecule has 4 rings (SSSR count). The highest BCUT2D eigenvalue weighted by molar-refractivity contribution is 9.10. The minimum absolute atomic E-state index is 0.0116. The van der Waals surface area contributed by atoms with Crippen LogP contribution in [0.4, 0.5) is 4.39 Å². The smallest absolute Gasteiger partial charge is 0.140 e. The van der Waals surface area contributed by atoms with Crippen LogP contribution in [0.2, 0.25) is 0 Å². The molecular weight excluding hydrogens is 451 g/mol. The van der Waals surface area contributed by atoms with Crippen LogP contribution < -0.4 is 0 Å². The molecule has 0 N–H and O–H groups in total. The van der Waals surface area contributed by atoms with Gasteiger partial charge in [-0.25, -0.2) is 4.39 Å². The largest absolute Gasteiger partial charge is 0.308 e. The third-order valence-electron chi connectivity index (χ3n) is 5.88. The first-order valence-corrected chi connectivity index (χ1v) is 11.2. The summed E-state index contributed by atoms with van der Waals surface area (Å²) < 4.78 is 17.1. The van der Waals surface area contributed by atoms with Crippen LogP contribution in [0.1, 0.15) is 58.2 Å². The summed E-state index contributed by atoms with van der Waals surface area (Å²) in [4.78, 5) is 0. The first kappa shape index (κ1) is 21.6. The highest BCUT2D eigenvalue weighted by atomic mass is 79.9. The van der Waals surface area contributed by atoms with E-state index in [4.69, 9.17) is 0 Å². The summed E-state index contributed by atoms with van der Waals surface area (Å²) in [5.41, 5.74) is 5.42. The maximum Gasteiger partial charge on any atom is 0.140 e. The number of benzene rings is 3. The maximum absolute atomic E-state index is 14.6. The first-order valence-electron chi connectivity index (χ1n) is 10.4. The summed E-state index contributed by atoms with van der Waals surface area (Å²) in [6, 6.07) is 18.1. The number of rotatable bonds is 1. The molecule has 0 bridgehead atoms. The van der Waals surface area contributed by atoms with Gasteiger partial charge in [0.1, 0.15) is 5.82 Å². The van der Waals surface area contributed by atoms with Gasteiger partial charge in [-0.05, 0) is 74.3 Å². The molecule has 0 radical (unpaired) electrons. The Hall–Kier alpha value is -2.64. The Bertz CT molecular complexity index is 1300. The van der Waals surface area contributed by atoms with Gasteiger partial charge in [-0.2, -0.15) is 5.26 Å². The molecule has 0 fully saturated rings. The normalized spacial score (nSPS) is 12.5. The predicted octanol–water partition coefficient (Wildman–Crippen LogP) is 8.15. The van der Waals surface area contributed by atoms with Gasteiger partial charge in [0.05, 0.1) is 32.8 Å².